The predicted octanol–water partition coefficient (Wildman–Crippen LogP) is 3.72. The number of para-hydroxylation sites is 1. The molecule has 4 nitrogen and oxygen atoms in total. The monoisotopic (exact) mass is 334 g/mol. The highest BCUT2D eigenvalue weighted by Gasteiger charge is 2.23. The van der Waals surface area contributed by atoms with Crippen LogP contribution in [0.1, 0.15) is 16.5 Å². The molecule has 0 spiro atoms. The van der Waals surface area contributed by atoms with E-state index < -0.39 is 25.1 Å². The molecule has 2 aromatic rings. The van der Waals surface area contributed by atoms with Crippen LogP contribution in [0, 0.1) is 0 Å². The number of piperazine rings is 1. The molecule has 0 atom stereocenters. The fraction of sp³-hybridized carbons (Fsp3) is 0.278. The second-order valence-corrected chi connectivity index (χ2v) is 5.64. The van der Waals surface area contributed by atoms with Crippen LogP contribution < -0.4 is 5.32 Å². The zero-order chi connectivity index (χ0) is 22.9. The van der Waals surface area contributed by atoms with Crippen LogP contribution in [0.15, 0.2) is 47.4 Å². The second-order valence-electron chi connectivity index (χ2n) is 5.20. The third-order valence-electron chi connectivity index (χ3n) is 3.65. The van der Waals surface area contributed by atoms with E-state index in [9.17, 15) is 0 Å². The number of amidine groups is 1. The lowest BCUT2D eigenvalue weighted by atomic mass is 10.1. The van der Waals surface area contributed by atoms with Gasteiger partial charge >= 0.3 is 0 Å². The molecular weight excluding hydrogens is 308 g/mol. The molecule has 1 N–H and O–H groups in total. The topological polar surface area (TPSA) is 30.9 Å². The minimum absolute atomic E-state index is 0.0504. The van der Waals surface area contributed by atoms with E-state index in [0.29, 0.717) is 16.4 Å². The number of hydrogen-bond acceptors (Lipinski definition) is 4. The largest absolute Gasteiger partial charge is 0.353 e. The molecule has 2 heterocycles. The van der Waals surface area contributed by atoms with Gasteiger partial charge in [-0.2, -0.15) is 0 Å². The van der Waals surface area contributed by atoms with Crippen molar-refractivity contribution in [1.82, 2.24) is 9.80 Å². The average Bonchev–Trinajstić information content (AvgIpc) is 2.85. The standard InChI is InChI=1S/C18H19ClN4/c1-22-8-10-23(11-9-22)18-14-4-2-3-5-15(14)20-16-7-6-13(19)12-17(16)21-18/h2-7,12,20H,8-11H2,1H3/i2D,3D,4D,5D,8D2,9D2. The van der Waals surface area contributed by atoms with Crippen molar-refractivity contribution in [3.63, 3.8) is 0 Å². The van der Waals surface area contributed by atoms with E-state index >= 15 is 0 Å². The van der Waals surface area contributed by atoms with Crippen molar-refractivity contribution in [1.29, 1.82) is 0 Å². The molecule has 2 aliphatic heterocycles. The van der Waals surface area contributed by atoms with Crippen molar-refractivity contribution in [2.75, 3.05) is 38.4 Å². The summed E-state index contributed by atoms with van der Waals surface area (Å²) in [5.74, 6) is 0.0522. The van der Waals surface area contributed by atoms with Crippen molar-refractivity contribution in [3.8, 4) is 0 Å². The first-order valence-electron chi connectivity index (χ1n) is 11.1. The third-order valence-corrected chi connectivity index (χ3v) is 3.89. The molecule has 1 saturated heterocycles. The lowest BCUT2D eigenvalue weighted by molar-refractivity contribution is 0.216. The molecule has 23 heavy (non-hydrogen) atoms. The van der Waals surface area contributed by atoms with Crippen LogP contribution in [-0.4, -0.2) is 48.8 Å². The maximum Gasteiger partial charge on any atom is 0.138 e. The summed E-state index contributed by atoms with van der Waals surface area (Å²) in [5.41, 5.74) is 0.960. The molecule has 0 aliphatic carbocycles. The number of aliphatic imine (C=N–C) groups is 1. The molecule has 1 fully saturated rings. The van der Waals surface area contributed by atoms with Crippen LogP contribution in [0.2, 0.25) is 5.02 Å². The summed E-state index contributed by atoms with van der Waals surface area (Å²) in [6, 6.07) is 3.29. The number of halogens is 1. The van der Waals surface area contributed by atoms with Crippen molar-refractivity contribution in [2.24, 2.45) is 4.99 Å². The van der Waals surface area contributed by atoms with Gasteiger partial charge in [-0.05, 0) is 37.3 Å². The fourth-order valence-corrected chi connectivity index (χ4v) is 2.62. The zero-order valence-corrected chi connectivity index (χ0v) is 13.1. The zero-order valence-electron chi connectivity index (χ0n) is 20.4. The van der Waals surface area contributed by atoms with Crippen LogP contribution in [0.5, 0.6) is 0 Å². The van der Waals surface area contributed by atoms with Gasteiger partial charge in [-0.3, -0.25) is 0 Å². The Hall–Kier alpha value is -2.04. The number of nitrogens with zero attached hydrogens (tertiary/aromatic N) is 3. The number of rotatable bonds is 0. The van der Waals surface area contributed by atoms with Crippen molar-refractivity contribution < 1.29 is 11.0 Å². The van der Waals surface area contributed by atoms with Gasteiger partial charge in [0.05, 0.1) is 16.9 Å². The summed E-state index contributed by atoms with van der Waals surface area (Å²) >= 11 is 6.13. The molecule has 5 heteroatoms. The lowest BCUT2D eigenvalue weighted by Gasteiger charge is -2.34. The first-order valence-corrected chi connectivity index (χ1v) is 7.46. The fourth-order valence-electron chi connectivity index (χ4n) is 2.45. The van der Waals surface area contributed by atoms with E-state index in [0.717, 1.165) is 4.90 Å². The Balaban J connectivity index is 2.00. The molecule has 0 saturated carbocycles. The molecule has 0 amide bonds. The smallest absolute Gasteiger partial charge is 0.138 e. The van der Waals surface area contributed by atoms with Crippen LogP contribution in [0.25, 0.3) is 0 Å². The number of anilines is 2. The van der Waals surface area contributed by atoms with Gasteiger partial charge < -0.3 is 15.1 Å². The SMILES string of the molecule is [2H]c1c([2H])c([2H])c2c(c1[2H])Nc1ccc(Cl)cc1N=C2N1CC([2H])([2H])N(C)C([2H])([2H])C1. The minimum atomic E-state index is -2.05. The molecule has 0 radical (unpaired) electrons. The number of likely N-dealkylation sites (N-methyl/N-ethyl adjacent to an activating group) is 1. The molecule has 0 aromatic heterocycles. The summed E-state index contributed by atoms with van der Waals surface area (Å²) < 4.78 is 66.2. The molecule has 0 unspecified atom stereocenters. The van der Waals surface area contributed by atoms with Crippen LogP contribution in [0.3, 0.4) is 0 Å². The summed E-state index contributed by atoms with van der Waals surface area (Å²) in [7, 11) is 1.36. The molecule has 4 rings (SSSR count). The number of hydrogen-bond donors (Lipinski definition) is 1. The van der Waals surface area contributed by atoms with Gasteiger partial charge in [0.25, 0.3) is 0 Å². The van der Waals surface area contributed by atoms with E-state index in [2.05, 4.69) is 10.3 Å². The average molecular weight is 335 g/mol. The molecule has 0 bridgehead atoms. The Morgan fingerprint density at radius 3 is 2.83 bits per heavy atom. The molecule has 118 valence electrons. The Bertz CT molecular complexity index is 1100. The first kappa shape index (κ1) is 8.18. The minimum Gasteiger partial charge on any atom is -0.353 e. The Morgan fingerprint density at radius 1 is 1.22 bits per heavy atom. The van der Waals surface area contributed by atoms with Crippen molar-refractivity contribution >= 4 is 34.5 Å². The summed E-state index contributed by atoms with van der Waals surface area (Å²) in [4.78, 5) is 6.99. The summed E-state index contributed by atoms with van der Waals surface area (Å²) in [5, 5.41) is 3.41. The van der Waals surface area contributed by atoms with Gasteiger partial charge in [0.15, 0.2) is 0 Å². The highest BCUT2D eigenvalue weighted by atomic mass is 35.5. The van der Waals surface area contributed by atoms with Gasteiger partial charge in [0.2, 0.25) is 0 Å². The van der Waals surface area contributed by atoms with Crippen LogP contribution >= 0.6 is 11.6 Å². The predicted molar refractivity (Wildman–Crippen MR) is 96.4 cm³/mol. The van der Waals surface area contributed by atoms with Crippen LogP contribution in [0.4, 0.5) is 17.1 Å². The Morgan fingerprint density at radius 2 is 2.00 bits per heavy atom. The lowest BCUT2D eigenvalue weighted by Crippen LogP contribution is -2.47. The van der Waals surface area contributed by atoms with E-state index in [4.69, 9.17) is 22.6 Å². The summed E-state index contributed by atoms with van der Waals surface area (Å²) in [6.45, 7) is -4.60. The maximum atomic E-state index is 8.48. The van der Waals surface area contributed by atoms with Crippen LogP contribution in [-0.2, 0) is 0 Å². The molecule has 2 aliphatic rings. The Labute approximate surface area is 152 Å². The highest BCUT2D eigenvalue weighted by Crippen LogP contribution is 2.36. The van der Waals surface area contributed by atoms with Gasteiger partial charge in [-0.1, -0.05) is 23.7 Å². The summed E-state index contributed by atoms with van der Waals surface area (Å²) in [6.07, 6.45) is 0. The molecule has 2 aromatic carbocycles. The van der Waals surface area contributed by atoms with E-state index in [1.54, 1.807) is 18.2 Å². The molecular formula is C18H19ClN4. The Kier molecular flexibility index (Phi) is 2.09. The third kappa shape index (κ3) is 2.80. The number of fused-ring (bicyclic) bond motifs is 2. The van der Waals surface area contributed by atoms with Gasteiger partial charge in [-0.25, -0.2) is 4.99 Å². The van der Waals surface area contributed by atoms with Gasteiger partial charge in [0, 0.05) is 47.8 Å². The highest BCUT2D eigenvalue weighted by molar-refractivity contribution is 6.31. The second kappa shape index (κ2) is 5.87. The first-order chi connectivity index (χ1) is 14.3. The van der Waals surface area contributed by atoms with E-state index in [1.165, 1.54) is 11.9 Å². The quantitative estimate of drug-likeness (QED) is 0.796. The van der Waals surface area contributed by atoms with E-state index in [1.807, 2.05) is 0 Å². The van der Waals surface area contributed by atoms with Gasteiger partial charge in [0.1, 0.15) is 5.84 Å². The van der Waals surface area contributed by atoms with Gasteiger partial charge in [-0.15, -0.1) is 0 Å². The van der Waals surface area contributed by atoms with E-state index in [-0.39, 0.29) is 42.3 Å². The maximum absolute atomic E-state index is 8.48. The van der Waals surface area contributed by atoms with Crippen molar-refractivity contribution in [2.45, 2.75) is 0 Å². The normalized spacial score (nSPS) is 27.0. The number of benzene rings is 2. The van der Waals surface area contributed by atoms with Crippen molar-refractivity contribution in [3.05, 3.63) is 53.0 Å². The number of nitrogens with one attached hydrogen (secondary N) is 1.